The van der Waals surface area contributed by atoms with Crippen LogP contribution in [0.4, 0.5) is 11.4 Å². The van der Waals surface area contributed by atoms with E-state index in [1.807, 2.05) is 0 Å². The van der Waals surface area contributed by atoms with Crippen LogP contribution >= 0.6 is 34.8 Å². The highest BCUT2D eigenvalue weighted by atomic mass is 35.5. The summed E-state index contributed by atoms with van der Waals surface area (Å²) in [5.41, 5.74) is 4.25. The van der Waals surface area contributed by atoms with Gasteiger partial charge in [-0.1, -0.05) is 34.8 Å². The minimum atomic E-state index is -0.820. The van der Waals surface area contributed by atoms with Crippen molar-refractivity contribution in [3.8, 4) is 0 Å². The Labute approximate surface area is 162 Å². The maximum atomic E-state index is 12.3. The Hall–Kier alpha value is -2.55. The predicted molar refractivity (Wildman–Crippen MR) is 97.0 cm³/mol. The summed E-state index contributed by atoms with van der Waals surface area (Å²) >= 11 is 17.8. The van der Waals surface area contributed by atoms with Crippen molar-refractivity contribution in [2.24, 2.45) is 0 Å². The van der Waals surface area contributed by atoms with E-state index in [0.717, 1.165) is 25.3 Å². The number of esters is 1. The van der Waals surface area contributed by atoms with E-state index in [2.05, 4.69) is 15.6 Å². The van der Waals surface area contributed by atoms with Crippen molar-refractivity contribution in [1.82, 2.24) is 5.43 Å². The lowest BCUT2D eigenvalue weighted by atomic mass is 10.1. The molecule has 0 fully saturated rings. The molecule has 2 rings (SSSR count). The van der Waals surface area contributed by atoms with Gasteiger partial charge in [0.2, 0.25) is 0 Å². The maximum Gasteiger partial charge on any atom is 0.338 e. The second kappa shape index (κ2) is 8.22. The molecule has 0 heterocycles. The average Bonchev–Trinajstić information content (AvgIpc) is 2.59. The molecule has 0 spiro atoms. The number of halogens is 3. The number of nitrogens with one attached hydrogen (secondary N) is 2. The Morgan fingerprint density at radius 2 is 1.62 bits per heavy atom. The van der Waals surface area contributed by atoms with Crippen LogP contribution in [0, 0.1) is 10.1 Å². The zero-order valence-corrected chi connectivity index (χ0v) is 15.3. The van der Waals surface area contributed by atoms with Gasteiger partial charge in [-0.05, 0) is 18.2 Å². The van der Waals surface area contributed by atoms with E-state index in [1.165, 1.54) is 12.1 Å². The van der Waals surface area contributed by atoms with Gasteiger partial charge in [-0.25, -0.2) is 4.79 Å². The van der Waals surface area contributed by atoms with Gasteiger partial charge in [0.05, 0.1) is 33.3 Å². The summed E-state index contributed by atoms with van der Waals surface area (Å²) in [6.45, 7) is 0. The molecule has 0 aromatic heterocycles. The van der Waals surface area contributed by atoms with E-state index in [0.29, 0.717) is 5.02 Å². The third-order valence-corrected chi connectivity index (χ3v) is 3.93. The van der Waals surface area contributed by atoms with Gasteiger partial charge in [-0.2, -0.15) is 0 Å². The van der Waals surface area contributed by atoms with Crippen molar-refractivity contribution in [3.63, 3.8) is 0 Å². The zero-order chi connectivity index (χ0) is 19.4. The molecule has 2 aromatic carbocycles. The van der Waals surface area contributed by atoms with Crippen LogP contribution < -0.4 is 10.9 Å². The predicted octanol–water partition coefficient (Wildman–Crippen LogP) is 4.10. The summed E-state index contributed by atoms with van der Waals surface area (Å²) in [7, 11) is 1.12. The van der Waals surface area contributed by atoms with Crippen molar-refractivity contribution in [3.05, 3.63) is 66.6 Å². The van der Waals surface area contributed by atoms with Gasteiger partial charge < -0.3 is 4.74 Å². The molecule has 0 aliphatic carbocycles. The van der Waals surface area contributed by atoms with Crippen LogP contribution in [0.5, 0.6) is 0 Å². The van der Waals surface area contributed by atoms with E-state index in [9.17, 15) is 19.7 Å². The minimum Gasteiger partial charge on any atom is -0.465 e. The van der Waals surface area contributed by atoms with E-state index < -0.39 is 22.5 Å². The van der Waals surface area contributed by atoms with Gasteiger partial charge in [-0.15, -0.1) is 0 Å². The molecule has 8 nitrogen and oxygen atoms in total. The van der Waals surface area contributed by atoms with Gasteiger partial charge in [0.15, 0.2) is 0 Å². The van der Waals surface area contributed by atoms with Gasteiger partial charge in [0, 0.05) is 22.7 Å². The zero-order valence-electron chi connectivity index (χ0n) is 13.0. The highest BCUT2D eigenvalue weighted by Crippen LogP contribution is 2.33. The molecule has 26 heavy (non-hydrogen) atoms. The Morgan fingerprint density at radius 3 is 2.15 bits per heavy atom. The molecular formula is C15H10Cl3N3O5. The average molecular weight is 419 g/mol. The fraction of sp³-hybridized carbons (Fsp3) is 0.0667. The number of carbonyl (C=O) groups excluding carboxylic acids is 2. The Kier molecular flexibility index (Phi) is 6.25. The highest BCUT2D eigenvalue weighted by molar-refractivity contribution is 6.41. The number of anilines is 1. The second-order valence-corrected chi connectivity index (χ2v) is 6.09. The molecule has 136 valence electrons. The summed E-state index contributed by atoms with van der Waals surface area (Å²) in [6.07, 6.45) is 0. The largest absolute Gasteiger partial charge is 0.465 e. The van der Waals surface area contributed by atoms with Crippen LogP contribution in [0.3, 0.4) is 0 Å². The monoisotopic (exact) mass is 417 g/mol. The van der Waals surface area contributed by atoms with Crippen molar-refractivity contribution < 1.29 is 19.2 Å². The number of rotatable bonds is 5. The Bertz CT molecular complexity index is 881. The summed E-state index contributed by atoms with van der Waals surface area (Å²) in [4.78, 5) is 34.2. The third kappa shape index (κ3) is 4.54. The van der Waals surface area contributed by atoms with Gasteiger partial charge in [0.1, 0.15) is 0 Å². The van der Waals surface area contributed by atoms with E-state index >= 15 is 0 Å². The Morgan fingerprint density at radius 1 is 1.04 bits per heavy atom. The minimum absolute atomic E-state index is 0.144. The molecule has 2 N–H and O–H groups in total. The lowest BCUT2D eigenvalue weighted by molar-refractivity contribution is -0.384. The summed E-state index contributed by atoms with van der Waals surface area (Å²) in [5, 5.41) is 11.6. The fourth-order valence-corrected chi connectivity index (χ4v) is 2.85. The highest BCUT2D eigenvalue weighted by Gasteiger charge is 2.19. The number of hydrogen-bond acceptors (Lipinski definition) is 6. The molecule has 2 aromatic rings. The van der Waals surface area contributed by atoms with Gasteiger partial charge in [0.25, 0.3) is 11.6 Å². The van der Waals surface area contributed by atoms with Crippen LogP contribution in [0.1, 0.15) is 20.7 Å². The van der Waals surface area contributed by atoms with Crippen LogP contribution in [0.15, 0.2) is 30.3 Å². The summed E-state index contributed by atoms with van der Waals surface area (Å²) < 4.78 is 4.52. The normalized spacial score (nSPS) is 10.2. The quantitative estimate of drug-likeness (QED) is 0.430. The lowest BCUT2D eigenvalue weighted by Crippen LogP contribution is -2.30. The van der Waals surface area contributed by atoms with Gasteiger partial charge >= 0.3 is 5.97 Å². The topological polar surface area (TPSA) is 111 Å². The molecule has 11 heteroatoms. The smallest absolute Gasteiger partial charge is 0.338 e. The van der Waals surface area contributed by atoms with Crippen LogP contribution in [0.25, 0.3) is 0 Å². The third-order valence-electron chi connectivity index (χ3n) is 3.12. The number of hydrogen-bond donors (Lipinski definition) is 2. The number of benzene rings is 2. The standard InChI is InChI=1S/C15H10Cl3N3O5/c1-26-15(23)8-2-7(3-10(4-8)21(24)25)14(22)20-19-13-11(17)5-9(16)6-12(13)18/h2-6,19H,1H3,(H,20,22). The molecule has 0 saturated heterocycles. The molecule has 0 bridgehead atoms. The number of nitrogens with zero attached hydrogens (tertiary/aromatic N) is 1. The molecule has 0 aliphatic rings. The van der Waals surface area contributed by atoms with Gasteiger partial charge in [-0.3, -0.25) is 25.8 Å². The number of amides is 1. The van der Waals surface area contributed by atoms with Crippen molar-refractivity contribution >= 4 is 58.1 Å². The van der Waals surface area contributed by atoms with Crippen LogP contribution in [0.2, 0.25) is 15.1 Å². The first-order chi connectivity index (χ1) is 12.2. The molecule has 0 radical (unpaired) electrons. The van der Waals surface area contributed by atoms with E-state index in [1.54, 1.807) is 0 Å². The maximum absolute atomic E-state index is 12.3. The second-order valence-electron chi connectivity index (χ2n) is 4.84. The van der Waals surface area contributed by atoms with Crippen LogP contribution in [-0.2, 0) is 4.74 Å². The van der Waals surface area contributed by atoms with Crippen molar-refractivity contribution in [2.45, 2.75) is 0 Å². The number of hydrazine groups is 1. The van der Waals surface area contributed by atoms with Crippen molar-refractivity contribution in [1.29, 1.82) is 0 Å². The molecular weight excluding hydrogens is 409 g/mol. The fourth-order valence-electron chi connectivity index (χ4n) is 1.94. The first kappa shape index (κ1) is 19.8. The molecule has 0 saturated carbocycles. The molecule has 0 atom stereocenters. The first-order valence-corrected chi connectivity index (χ1v) is 7.95. The Balaban J connectivity index is 2.28. The summed E-state index contributed by atoms with van der Waals surface area (Å²) in [5.74, 6) is -1.58. The van der Waals surface area contributed by atoms with E-state index in [4.69, 9.17) is 34.8 Å². The number of nitro groups is 1. The summed E-state index contributed by atoms with van der Waals surface area (Å²) in [6, 6.07) is 5.98. The number of carbonyl (C=O) groups is 2. The molecule has 0 aliphatic heterocycles. The SMILES string of the molecule is COC(=O)c1cc(C(=O)NNc2c(Cl)cc(Cl)cc2Cl)cc([N+](=O)[O-])c1. The van der Waals surface area contributed by atoms with E-state index in [-0.39, 0.29) is 26.9 Å². The molecule has 1 amide bonds. The number of nitro benzene ring substituents is 1. The number of methoxy groups -OCH3 is 1. The van der Waals surface area contributed by atoms with Crippen molar-refractivity contribution in [2.75, 3.05) is 12.5 Å². The first-order valence-electron chi connectivity index (χ1n) is 6.81. The lowest BCUT2D eigenvalue weighted by Gasteiger charge is -2.12. The van der Waals surface area contributed by atoms with Crippen LogP contribution in [-0.4, -0.2) is 23.9 Å². The number of non-ortho nitro benzene ring substituents is 1. The number of ether oxygens (including phenoxy) is 1. The molecule has 0 unspecified atom stereocenters.